The zero-order valence-electron chi connectivity index (χ0n) is 16.0. The molecular weight excluding hydrogens is 433 g/mol. The van der Waals surface area contributed by atoms with E-state index in [-0.39, 0.29) is 18.7 Å². The van der Waals surface area contributed by atoms with E-state index in [2.05, 4.69) is 16.7 Å². The molecule has 0 aliphatic carbocycles. The molecule has 0 unspecified atom stereocenters. The Morgan fingerprint density at radius 1 is 1.20 bits per heavy atom. The number of hydrogen-bond acceptors (Lipinski definition) is 4. The topological polar surface area (TPSA) is 54.2 Å². The molecule has 0 aliphatic rings. The van der Waals surface area contributed by atoms with Gasteiger partial charge in [0, 0.05) is 41.3 Å². The van der Waals surface area contributed by atoms with E-state index in [9.17, 15) is 13.9 Å². The first kappa shape index (κ1) is 22.4. The second-order valence-electron chi connectivity index (χ2n) is 6.94. The molecule has 0 fully saturated rings. The lowest BCUT2D eigenvalue weighted by Crippen LogP contribution is -2.44. The van der Waals surface area contributed by atoms with E-state index in [1.807, 2.05) is 4.90 Å². The predicted octanol–water partition coefficient (Wildman–Crippen LogP) is 4.44. The molecule has 1 atom stereocenters. The first-order valence-electron chi connectivity index (χ1n) is 9.08. The standard InChI is InChI=1S/C21H20Cl2F2N4O/c1-2-7-28(10-15-3-4-16(22)8-19(15)23)11-21(30,12-29-14-26-13-27-29)18-6-5-17(24)9-20(18)25/h2-6,8-9,13-14,30H,1,7,10-12H2/t21-/m1/s1. The van der Waals surface area contributed by atoms with Gasteiger partial charge in [-0.1, -0.05) is 41.4 Å². The number of nitrogens with zero attached hydrogens (tertiary/aromatic N) is 4. The Bertz CT molecular complexity index is 1020. The summed E-state index contributed by atoms with van der Waals surface area (Å²) in [4.78, 5) is 5.72. The maximum Gasteiger partial charge on any atom is 0.137 e. The minimum atomic E-state index is -1.73. The number of hydrogen-bond donors (Lipinski definition) is 1. The van der Waals surface area contributed by atoms with Crippen molar-refractivity contribution in [2.24, 2.45) is 0 Å². The van der Waals surface area contributed by atoms with Crippen molar-refractivity contribution in [2.75, 3.05) is 13.1 Å². The molecule has 1 aromatic heterocycles. The van der Waals surface area contributed by atoms with Gasteiger partial charge in [-0.05, 0) is 23.8 Å². The van der Waals surface area contributed by atoms with Crippen LogP contribution in [0.5, 0.6) is 0 Å². The van der Waals surface area contributed by atoms with Gasteiger partial charge in [0.05, 0.1) is 6.54 Å². The number of aromatic nitrogens is 3. The molecule has 0 bridgehead atoms. The van der Waals surface area contributed by atoms with Gasteiger partial charge in [-0.15, -0.1) is 6.58 Å². The quantitative estimate of drug-likeness (QED) is 0.487. The van der Waals surface area contributed by atoms with Crippen molar-refractivity contribution in [3.8, 4) is 0 Å². The summed E-state index contributed by atoms with van der Waals surface area (Å²) in [6.07, 6.45) is 4.40. The van der Waals surface area contributed by atoms with Crippen LogP contribution >= 0.6 is 23.2 Å². The predicted molar refractivity (Wildman–Crippen MR) is 112 cm³/mol. The van der Waals surface area contributed by atoms with Crippen molar-refractivity contribution < 1.29 is 13.9 Å². The lowest BCUT2D eigenvalue weighted by atomic mass is 9.92. The zero-order chi connectivity index (χ0) is 21.7. The Labute approximate surface area is 183 Å². The third-order valence-electron chi connectivity index (χ3n) is 4.60. The monoisotopic (exact) mass is 452 g/mol. The Balaban J connectivity index is 1.95. The van der Waals surface area contributed by atoms with E-state index in [0.29, 0.717) is 23.1 Å². The van der Waals surface area contributed by atoms with Gasteiger partial charge < -0.3 is 5.11 Å². The van der Waals surface area contributed by atoms with Gasteiger partial charge in [0.2, 0.25) is 0 Å². The highest BCUT2D eigenvalue weighted by molar-refractivity contribution is 6.35. The zero-order valence-corrected chi connectivity index (χ0v) is 17.5. The van der Waals surface area contributed by atoms with E-state index < -0.39 is 17.2 Å². The molecule has 9 heteroatoms. The molecule has 1 heterocycles. The Kier molecular flexibility index (Phi) is 7.20. The molecule has 1 N–H and O–H groups in total. The molecule has 0 amide bonds. The number of rotatable bonds is 9. The number of halogens is 4. The van der Waals surface area contributed by atoms with Crippen LogP contribution in [-0.4, -0.2) is 37.9 Å². The molecule has 3 aromatic rings. The normalized spacial score (nSPS) is 13.4. The summed E-state index contributed by atoms with van der Waals surface area (Å²) in [5, 5.41) is 16.5. The molecule has 0 saturated heterocycles. The molecule has 5 nitrogen and oxygen atoms in total. The van der Waals surface area contributed by atoms with Crippen LogP contribution in [0.25, 0.3) is 0 Å². The average molecular weight is 453 g/mol. The molecule has 2 aromatic carbocycles. The van der Waals surface area contributed by atoms with Crippen LogP contribution in [0, 0.1) is 11.6 Å². The maximum atomic E-state index is 14.6. The fourth-order valence-electron chi connectivity index (χ4n) is 3.30. The lowest BCUT2D eigenvalue weighted by molar-refractivity contribution is -0.0210. The van der Waals surface area contributed by atoms with Gasteiger partial charge >= 0.3 is 0 Å². The summed E-state index contributed by atoms with van der Waals surface area (Å²) in [5.41, 5.74) is -0.991. The first-order chi connectivity index (χ1) is 14.3. The summed E-state index contributed by atoms with van der Waals surface area (Å²) in [7, 11) is 0. The summed E-state index contributed by atoms with van der Waals surface area (Å²) in [6, 6.07) is 8.23. The molecule has 30 heavy (non-hydrogen) atoms. The highest BCUT2D eigenvalue weighted by Crippen LogP contribution is 2.29. The molecular formula is C21H20Cl2F2N4O. The minimum Gasteiger partial charge on any atom is -0.382 e. The Hall–Kier alpha value is -2.32. The van der Waals surface area contributed by atoms with Crippen LogP contribution in [0.1, 0.15) is 11.1 Å². The van der Waals surface area contributed by atoms with Crippen molar-refractivity contribution in [3.05, 3.63) is 94.5 Å². The summed E-state index contributed by atoms with van der Waals surface area (Å²) in [5.74, 6) is -1.57. The van der Waals surface area contributed by atoms with Gasteiger partial charge in [-0.25, -0.2) is 18.4 Å². The Morgan fingerprint density at radius 3 is 2.63 bits per heavy atom. The Morgan fingerprint density at radius 2 is 2.00 bits per heavy atom. The van der Waals surface area contributed by atoms with Gasteiger partial charge in [-0.3, -0.25) is 4.90 Å². The SMILES string of the molecule is C=CCN(Cc1ccc(Cl)cc1Cl)C[C@@](O)(Cn1cncn1)c1ccc(F)cc1F. The van der Waals surface area contributed by atoms with E-state index >= 15 is 0 Å². The minimum absolute atomic E-state index is 0.000385. The third kappa shape index (κ3) is 5.43. The average Bonchev–Trinajstić information content (AvgIpc) is 3.16. The number of aliphatic hydroxyl groups is 1. The summed E-state index contributed by atoms with van der Waals surface area (Å²) in [6.45, 7) is 4.41. The second kappa shape index (κ2) is 9.66. The molecule has 3 rings (SSSR count). The summed E-state index contributed by atoms with van der Waals surface area (Å²) < 4.78 is 29.5. The lowest BCUT2D eigenvalue weighted by Gasteiger charge is -2.34. The molecule has 0 radical (unpaired) electrons. The van der Waals surface area contributed by atoms with Crippen molar-refractivity contribution in [1.82, 2.24) is 19.7 Å². The number of benzene rings is 2. The molecule has 158 valence electrons. The van der Waals surface area contributed by atoms with E-state index in [1.165, 1.54) is 23.4 Å². The van der Waals surface area contributed by atoms with Crippen LogP contribution < -0.4 is 0 Å². The van der Waals surface area contributed by atoms with Crippen LogP contribution in [-0.2, 0) is 18.7 Å². The van der Waals surface area contributed by atoms with Crippen molar-refractivity contribution in [3.63, 3.8) is 0 Å². The van der Waals surface area contributed by atoms with E-state index in [0.717, 1.165) is 17.7 Å². The van der Waals surface area contributed by atoms with E-state index in [4.69, 9.17) is 23.2 Å². The smallest absolute Gasteiger partial charge is 0.137 e. The van der Waals surface area contributed by atoms with E-state index in [1.54, 1.807) is 24.3 Å². The van der Waals surface area contributed by atoms with Crippen molar-refractivity contribution >= 4 is 23.2 Å². The fraction of sp³-hybridized carbons (Fsp3) is 0.238. The van der Waals surface area contributed by atoms with Crippen LogP contribution in [0.3, 0.4) is 0 Å². The van der Waals surface area contributed by atoms with Gasteiger partial charge in [0.15, 0.2) is 0 Å². The summed E-state index contributed by atoms with van der Waals surface area (Å²) >= 11 is 12.3. The van der Waals surface area contributed by atoms with Gasteiger partial charge in [0.25, 0.3) is 0 Å². The van der Waals surface area contributed by atoms with Gasteiger partial charge in [0.1, 0.15) is 29.9 Å². The van der Waals surface area contributed by atoms with Gasteiger partial charge in [-0.2, -0.15) is 5.10 Å². The van der Waals surface area contributed by atoms with Crippen LogP contribution in [0.2, 0.25) is 10.0 Å². The second-order valence-corrected chi connectivity index (χ2v) is 7.79. The molecule has 0 aliphatic heterocycles. The molecule has 0 saturated carbocycles. The van der Waals surface area contributed by atoms with Crippen molar-refractivity contribution in [1.29, 1.82) is 0 Å². The fourth-order valence-corrected chi connectivity index (χ4v) is 3.77. The highest BCUT2D eigenvalue weighted by Gasteiger charge is 2.35. The first-order valence-corrected chi connectivity index (χ1v) is 9.84. The third-order valence-corrected chi connectivity index (χ3v) is 5.19. The van der Waals surface area contributed by atoms with Crippen LogP contribution in [0.4, 0.5) is 8.78 Å². The maximum absolute atomic E-state index is 14.6. The van der Waals surface area contributed by atoms with Crippen LogP contribution in [0.15, 0.2) is 61.7 Å². The largest absolute Gasteiger partial charge is 0.382 e. The van der Waals surface area contributed by atoms with Crippen molar-refractivity contribution in [2.45, 2.75) is 18.7 Å². The highest BCUT2D eigenvalue weighted by atomic mass is 35.5. The molecule has 0 spiro atoms.